The van der Waals surface area contributed by atoms with Gasteiger partial charge in [0.05, 0.1) is 0 Å². The lowest BCUT2D eigenvalue weighted by Gasteiger charge is -2.34. The SMILES string of the molecule is CCCn1c(C)c(C)c2cc(C(=O)N3CCN(CCc4ccccc4)CC3)ccc21. The first kappa shape index (κ1) is 20.7. The van der Waals surface area contributed by atoms with E-state index in [1.807, 2.05) is 11.0 Å². The van der Waals surface area contributed by atoms with Gasteiger partial charge in [-0.1, -0.05) is 37.3 Å². The Balaban J connectivity index is 1.40. The molecule has 4 rings (SSSR count). The van der Waals surface area contributed by atoms with Crippen LogP contribution in [-0.4, -0.2) is 53.0 Å². The summed E-state index contributed by atoms with van der Waals surface area (Å²) in [5.74, 6) is 0.167. The summed E-state index contributed by atoms with van der Waals surface area (Å²) in [6.07, 6.45) is 2.18. The van der Waals surface area contributed by atoms with E-state index in [-0.39, 0.29) is 5.91 Å². The number of benzene rings is 2. The van der Waals surface area contributed by atoms with Crippen LogP contribution in [0.1, 0.15) is 40.5 Å². The van der Waals surface area contributed by atoms with Crippen LogP contribution >= 0.6 is 0 Å². The molecule has 1 saturated heterocycles. The number of aromatic nitrogens is 1. The van der Waals surface area contributed by atoms with Gasteiger partial charge in [0.25, 0.3) is 5.91 Å². The fraction of sp³-hybridized carbons (Fsp3) is 0.423. The molecule has 4 heteroatoms. The number of rotatable bonds is 6. The zero-order chi connectivity index (χ0) is 21.1. The second-order valence-corrected chi connectivity index (χ2v) is 8.46. The predicted molar refractivity (Wildman–Crippen MR) is 124 cm³/mol. The number of fused-ring (bicyclic) bond motifs is 1. The topological polar surface area (TPSA) is 28.5 Å². The molecule has 0 saturated carbocycles. The van der Waals surface area contributed by atoms with Crippen LogP contribution in [0.2, 0.25) is 0 Å². The van der Waals surface area contributed by atoms with Gasteiger partial charge in [-0.3, -0.25) is 9.69 Å². The third-order valence-corrected chi connectivity index (χ3v) is 6.55. The smallest absolute Gasteiger partial charge is 0.253 e. The zero-order valence-electron chi connectivity index (χ0n) is 18.5. The van der Waals surface area contributed by atoms with Crippen LogP contribution in [0.4, 0.5) is 0 Å². The quantitative estimate of drug-likeness (QED) is 0.598. The van der Waals surface area contributed by atoms with Crippen LogP contribution in [-0.2, 0) is 13.0 Å². The van der Waals surface area contributed by atoms with Crippen LogP contribution in [0.3, 0.4) is 0 Å². The van der Waals surface area contributed by atoms with Gasteiger partial charge < -0.3 is 9.47 Å². The molecular weight excluding hydrogens is 370 g/mol. The summed E-state index contributed by atoms with van der Waals surface area (Å²) < 4.78 is 2.38. The van der Waals surface area contributed by atoms with E-state index >= 15 is 0 Å². The lowest BCUT2D eigenvalue weighted by atomic mass is 10.1. The minimum absolute atomic E-state index is 0.167. The van der Waals surface area contributed by atoms with Crippen molar-refractivity contribution in [2.75, 3.05) is 32.7 Å². The molecule has 30 heavy (non-hydrogen) atoms. The number of hydrogen-bond acceptors (Lipinski definition) is 2. The first-order valence-corrected chi connectivity index (χ1v) is 11.2. The van der Waals surface area contributed by atoms with Crippen molar-refractivity contribution in [3.8, 4) is 0 Å². The molecule has 0 N–H and O–H groups in total. The maximum absolute atomic E-state index is 13.2. The first-order valence-electron chi connectivity index (χ1n) is 11.2. The highest BCUT2D eigenvalue weighted by atomic mass is 16.2. The second kappa shape index (κ2) is 9.05. The van der Waals surface area contributed by atoms with Crippen molar-refractivity contribution in [3.63, 3.8) is 0 Å². The number of aryl methyl sites for hydroxylation is 2. The Bertz CT molecular complexity index is 1010. The van der Waals surface area contributed by atoms with E-state index in [0.717, 1.165) is 57.7 Å². The number of carbonyl (C=O) groups is 1. The van der Waals surface area contributed by atoms with Gasteiger partial charge in [-0.15, -0.1) is 0 Å². The van der Waals surface area contributed by atoms with E-state index in [1.54, 1.807) is 0 Å². The van der Waals surface area contributed by atoms with Crippen molar-refractivity contribution in [2.45, 2.75) is 40.2 Å². The zero-order valence-corrected chi connectivity index (χ0v) is 18.5. The third-order valence-electron chi connectivity index (χ3n) is 6.55. The van der Waals surface area contributed by atoms with Crippen LogP contribution in [0.25, 0.3) is 10.9 Å². The number of nitrogens with zero attached hydrogens (tertiary/aromatic N) is 3. The summed E-state index contributed by atoms with van der Waals surface area (Å²) in [7, 11) is 0. The van der Waals surface area contributed by atoms with Gasteiger partial charge in [0.2, 0.25) is 0 Å². The maximum Gasteiger partial charge on any atom is 0.253 e. The predicted octanol–water partition coefficient (Wildman–Crippen LogP) is 4.67. The Morgan fingerprint density at radius 2 is 1.67 bits per heavy atom. The number of amides is 1. The minimum atomic E-state index is 0.167. The first-order chi connectivity index (χ1) is 14.6. The summed E-state index contributed by atoms with van der Waals surface area (Å²) in [4.78, 5) is 17.6. The summed E-state index contributed by atoms with van der Waals surface area (Å²) in [6, 6.07) is 16.9. The third kappa shape index (κ3) is 4.15. The lowest BCUT2D eigenvalue weighted by molar-refractivity contribution is 0.0638. The highest BCUT2D eigenvalue weighted by Gasteiger charge is 2.23. The molecule has 3 aromatic rings. The molecular formula is C26H33N3O. The van der Waals surface area contributed by atoms with Gasteiger partial charge in [0.15, 0.2) is 0 Å². The summed E-state index contributed by atoms with van der Waals surface area (Å²) in [5, 5.41) is 1.22. The Labute approximate surface area is 180 Å². The van der Waals surface area contributed by atoms with Crippen LogP contribution < -0.4 is 0 Å². The number of carbonyl (C=O) groups excluding carboxylic acids is 1. The van der Waals surface area contributed by atoms with E-state index in [9.17, 15) is 4.79 Å². The molecule has 1 aromatic heterocycles. The Morgan fingerprint density at radius 1 is 0.933 bits per heavy atom. The fourth-order valence-electron chi connectivity index (χ4n) is 4.58. The molecule has 1 amide bonds. The van der Waals surface area contributed by atoms with E-state index in [4.69, 9.17) is 0 Å². The lowest BCUT2D eigenvalue weighted by Crippen LogP contribution is -2.49. The van der Waals surface area contributed by atoms with Gasteiger partial charge in [0.1, 0.15) is 0 Å². The van der Waals surface area contributed by atoms with Crippen molar-refractivity contribution in [3.05, 3.63) is 70.9 Å². The van der Waals surface area contributed by atoms with Gasteiger partial charge in [-0.05, 0) is 56.0 Å². The van der Waals surface area contributed by atoms with Crippen molar-refractivity contribution in [1.29, 1.82) is 0 Å². The van der Waals surface area contributed by atoms with E-state index in [0.29, 0.717) is 0 Å². The second-order valence-electron chi connectivity index (χ2n) is 8.46. The molecule has 1 fully saturated rings. The largest absolute Gasteiger partial charge is 0.345 e. The van der Waals surface area contributed by atoms with Gasteiger partial charge >= 0.3 is 0 Å². The van der Waals surface area contributed by atoms with Crippen molar-refractivity contribution < 1.29 is 4.79 Å². The average molecular weight is 404 g/mol. The van der Waals surface area contributed by atoms with Crippen LogP contribution in [0, 0.1) is 13.8 Å². The fourth-order valence-corrected chi connectivity index (χ4v) is 4.58. The number of hydrogen-bond donors (Lipinski definition) is 0. The van der Waals surface area contributed by atoms with Crippen molar-refractivity contribution >= 4 is 16.8 Å². The Hall–Kier alpha value is -2.59. The summed E-state index contributed by atoms with van der Waals surface area (Å²) in [5.41, 5.74) is 6.04. The molecule has 0 unspecified atom stereocenters. The van der Waals surface area contributed by atoms with E-state index in [1.165, 1.54) is 27.7 Å². The summed E-state index contributed by atoms with van der Waals surface area (Å²) >= 11 is 0. The Kier molecular flexibility index (Phi) is 6.24. The molecule has 0 spiro atoms. The Morgan fingerprint density at radius 3 is 2.37 bits per heavy atom. The molecule has 0 radical (unpaired) electrons. The molecule has 4 nitrogen and oxygen atoms in total. The standard InChI is InChI=1S/C26H33N3O/c1-4-13-29-21(3)20(2)24-19-23(10-11-25(24)29)26(30)28-17-15-27(16-18-28)14-12-22-8-6-5-7-9-22/h5-11,19H,4,12-18H2,1-3H3. The molecule has 2 aromatic carbocycles. The maximum atomic E-state index is 13.2. The monoisotopic (exact) mass is 403 g/mol. The molecule has 2 heterocycles. The molecule has 1 aliphatic rings. The van der Waals surface area contributed by atoms with Gasteiger partial charge in [-0.25, -0.2) is 0 Å². The highest BCUT2D eigenvalue weighted by molar-refractivity contribution is 5.99. The van der Waals surface area contributed by atoms with Crippen molar-refractivity contribution in [1.82, 2.24) is 14.4 Å². The molecule has 0 aliphatic carbocycles. The van der Waals surface area contributed by atoms with Crippen LogP contribution in [0.5, 0.6) is 0 Å². The molecule has 158 valence electrons. The van der Waals surface area contributed by atoms with E-state index in [2.05, 4.69) is 72.7 Å². The van der Waals surface area contributed by atoms with E-state index < -0.39 is 0 Å². The van der Waals surface area contributed by atoms with Gasteiger partial charge in [0, 0.05) is 61.4 Å². The number of piperazine rings is 1. The average Bonchev–Trinajstić information content (AvgIpc) is 3.03. The normalized spacial score (nSPS) is 15.1. The van der Waals surface area contributed by atoms with Crippen LogP contribution in [0.15, 0.2) is 48.5 Å². The summed E-state index contributed by atoms with van der Waals surface area (Å²) in [6.45, 7) is 12.2. The van der Waals surface area contributed by atoms with Gasteiger partial charge in [-0.2, -0.15) is 0 Å². The minimum Gasteiger partial charge on any atom is -0.345 e. The van der Waals surface area contributed by atoms with Crippen molar-refractivity contribution in [2.24, 2.45) is 0 Å². The molecule has 0 atom stereocenters. The highest BCUT2D eigenvalue weighted by Crippen LogP contribution is 2.27. The molecule has 0 bridgehead atoms. The molecule has 1 aliphatic heterocycles.